The predicted octanol–water partition coefficient (Wildman–Crippen LogP) is 3.01. The van der Waals surface area contributed by atoms with E-state index in [0.29, 0.717) is 17.5 Å². The highest BCUT2D eigenvalue weighted by molar-refractivity contribution is 6.29. The van der Waals surface area contributed by atoms with Crippen LogP contribution in [0.3, 0.4) is 0 Å². The molecule has 1 aromatic heterocycles. The number of aliphatic hydroxyl groups is 1. The summed E-state index contributed by atoms with van der Waals surface area (Å²) in [6.07, 6.45) is 1.02. The van der Waals surface area contributed by atoms with Crippen LogP contribution < -0.4 is 4.74 Å². The predicted molar refractivity (Wildman–Crippen MR) is 74.4 cm³/mol. The van der Waals surface area contributed by atoms with Crippen molar-refractivity contribution in [3.63, 3.8) is 0 Å². The molecule has 5 heteroatoms. The quantitative estimate of drug-likeness (QED) is 0.936. The van der Waals surface area contributed by atoms with Crippen LogP contribution in [0.1, 0.15) is 30.0 Å². The van der Waals surface area contributed by atoms with Crippen molar-refractivity contribution in [3.8, 4) is 5.75 Å². The molecule has 0 saturated heterocycles. The van der Waals surface area contributed by atoms with Crippen molar-refractivity contribution in [2.24, 2.45) is 7.05 Å². The Balaban J connectivity index is 2.19. The minimum atomic E-state index is -0.569. The monoisotopic (exact) mass is 280 g/mol. The molecule has 1 atom stereocenters. The first-order valence-electron chi connectivity index (χ1n) is 6.06. The fourth-order valence-corrected chi connectivity index (χ4v) is 1.96. The summed E-state index contributed by atoms with van der Waals surface area (Å²) in [5.74, 6) is 1.41. The minimum Gasteiger partial charge on any atom is -0.485 e. The van der Waals surface area contributed by atoms with Gasteiger partial charge in [0, 0.05) is 12.6 Å². The van der Waals surface area contributed by atoms with Crippen LogP contribution in [0.4, 0.5) is 0 Å². The van der Waals surface area contributed by atoms with Crippen molar-refractivity contribution in [1.29, 1.82) is 0 Å². The number of benzene rings is 1. The van der Waals surface area contributed by atoms with E-state index in [4.69, 9.17) is 16.3 Å². The smallest absolute Gasteiger partial charge is 0.147 e. The third-order valence-electron chi connectivity index (χ3n) is 3.00. The molecule has 1 N–H and O–H groups in total. The molecule has 1 aromatic carbocycles. The normalized spacial score (nSPS) is 12.5. The van der Waals surface area contributed by atoms with Crippen LogP contribution in [0.5, 0.6) is 5.75 Å². The molecule has 0 amide bonds. The number of imidazole rings is 1. The topological polar surface area (TPSA) is 47.3 Å². The summed E-state index contributed by atoms with van der Waals surface area (Å²) in [5.41, 5.74) is 1.85. The lowest BCUT2D eigenvalue weighted by atomic mass is 10.1. The molecule has 0 aliphatic heterocycles. The van der Waals surface area contributed by atoms with Gasteiger partial charge in [-0.05, 0) is 25.5 Å². The van der Waals surface area contributed by atoms with E-state index in [1.54, 1.807) is 17.7 Å². The van der Waals surface area contributed by atoms with Crippen molar-refractivity contribution in [3.05, 3.63) is 46.5 Å². The Morgan fingerprint density at radius 3 is 2.79 bits per heavy atom. The van der Waals surface area contributed by atoms with E-state index in [2.05, 4.69) is 4.98 Å². The van der Waals surface area contributed by atoms with Crippen LogP contribution in [0.15, 0.2) is 24.4 Å². The molecule has 19 heavy (non-hydrogen) atoms. The number of hydrogen-bond acceptors (Lipinski definition) is 3. The fourth-order valence-electron chi connectivity index (χ4n) is 1.81. The van der Waals surface area contributed by atoms with Gasteiger partial charge in [0.1, 0.15) is 23.3 Å². The van der Waals surface area contributed by atoms with Crippen molar-refractivity contribution < 1.29 is 9.84 Å². The van der Waals surface area contributed by atoms with Gasteiger partial charge in [-0.3, -0.25) is 0 Å². The van der Waals surface area contributed by atoms with Crippen molar-refractivity contribution in [1.82, 2.24) is 9.55 Å². The lowest BCUT2D eigenvalue weighted by molar-refractivity contribution is 0.189. The van der Waals surface area contributed by atoms with Gasteiger partial charge in [-0.25, -0.2) is 4.98 Å². The van der Waals surface area contributed by atoms with Gasteiger partial charge in [-0.2, -0.15) is 0 Å². The Morgan fingerprint density at radius 2 is 2.21 bits per heavy atom. The van der Waals surface area contributed by atoms with Gasteiger partial charge < -0.3 is 14.4 Å². The van der Waals surface area contributed by atoms with Crippen LogP contribution in [0.2, 0.25) is 5.15 Å². The van der Waals surface area contributed by atoms with Crippen LogP contribution in [-0.2, 0) is 13.7 Å². The third kappa shape index (κ3) is 3.08. The third-order valence-corrected chi connectivity index (χ3v) is 3.35. The van der Waals surface area contributed by atoms with Gasteiger partial charge in [0.05, 0.1) is 12.3 Å². The summed E-state index contributed by atoms with van der Waals surface area (Å²) in [5, 5.41) is 10.3. The summed E-state index contributed by atoms with van der Waals surface area (Å²) in [4.78, 5) is 4.17. The SMILES string of the molecule is Cc1ccc([C@H](C)O)c(OCc2ncc(Cl)n2C)c1. The summed E-state index contributed by atoms with van der Waals surface area (Å²) in [6.45, 7) is 4.01. The van der Waals surface area contributed by atoms with E-state index in [9.17, 15) is 5.11 Å². The Labute approximate surface area is 117 Å². The second-order valence-electron chi connectivity index (χ2n) is 4.56. The van der Waals surface area contributed by atoms with Gasteiger partial charge in [-0.1, -0.05) is 23.7 Å². The molecule has 0 unspecified atom stereocenters. The summed E-state index contributed by atoms with van der Waals surface area (Å²) in [7, 11) is 1.83. The zero-order chi connectivity index (χ0) is 14.0. The van der Waals surface area contributed by atoms with E-state index < -0.39 is 6.10 Å². The Morgan fingerprint density at radius 1 is 1.47 bits per heavy atom. The molecule has 1 heterocycles. The first-order valence-corrected chi connectivity index (χ1v) is 6.44. The number of aromatic nitrogens is 2. The highest BCUT2D eigenvalue weighted by Gasteiger charge is 2.11. The summed E-state index contributed by atoms with van der Waals surface area (Å²) < 4.78 is 7.52. The van der Waals surface area contributed by atoms with Gasteiger partial charge in [0.15, 0.2) is 0 Å². The Kier molecular flexibility index (Phi) is 4.12. The van der Waals surface area contributed by atoms with Crippen molar-refractivity contribution in [2.75, 3.05) is 0 Å². The number of hydrogen-bond donors (Lipinski definition) is 1. The van der Waals surface area contributed by atoms with E-state index in [-0.39, 0.29) is 0 Å². The minimum absolute atomic E-state index is 0.312. The first-order chi connectivity index (χ1) is 8.99. The molecular formula is C14H17ClN2O2. The lowest BCUT2D eigenvalue weighted by Crippen LogP contribution is -2.06. The molecule has 0 spiro atoms. The molecule has 0 fully saturated rings. The second-order valence-corrected chi connectivity index (χ2v) is 4.95. The Bertz CT molecular complexity index is 579. The number of aliphatic hydroxyl groups excluding tert-OH is 1. The van der Waals surface area contributed by atoms with Gasteiger partial charge in [-0.15, -0.1) is 0 Å². The van der Waals surface area contributed by atoms with E-state index >= 15 is 0 Å². The lowest BCUT2D eigenvalue weighted by Gasteiger charge is -2.14. The van der Waals surface area contributed by atoms with Crippen LogP contribution >= 0.6 is 11.6 Å². The number of nitrogens with zero attached hydrogens (tertiary/aromatic N) is 2. The van der Waals surface area contributed by atoms with Crippen molar-refractivity contribution >= 4 is 11.6 Å². The second kappa shape index (κ2) is 5.63. The summed E-state index contributed by atoms with van der Waals surface area (Å²) in [6, 6.07) is 5.74. The molecule has 0 aliphatic rings. The number of ether oxygens (including phenoxy) is 1. The molecule has 0 bridgehead atoms. The van der Waals surface area contributed by atoms with Crippen LogP contribution in [-0.4, -0.2) is 14.7 Å². The van der Waals surface area contributed by atoms with Crippen molar-refractivity contribution in [2.45, 2.75) is 26.6 Å². The maximum absolute atomic E-state index is 9.73. The molecule has 0 aliphatic carbocycles. The number of rotatable bonds is 4. The average Bonchev–Trinajstić information content (AvgIpc) is 2.67. The molecule has 0 saturated carbocycles. The fraction of sp³-hybridized carbons (Fsp3) is 0.357. The Hall–Kier alpha value is -1.52. The number of halogens is 1. The standard InChI is InChI=1S/C14H17ClN2O2/c1-9-4-5-11(10(2)18)12(6-9)19-8-14-16-7-13(15)17(14)3/h4-7,10,18H,8H2,1-3H3/t10-/m0/s1. The molecule has 102 valence electrons. The van der Waals surface area contributed by atoms with Gasteiger partial charge in [0.2, 0.25) is 0 Å². The molecule has 2 aromatic rings. The molecule has 0 radical (unpaired) electrons. The van der Waals surface area contributed by atoms with Crippen LogP contribution in [0, 0.1) is 6.92 Å². The van der Waals surface area contributed by atoms with E-state index in [0.717, 1.165) is 17.0 Å². The van der Waals surface area contributed by atoms with Crippen LogP contribution in [0.25, 0.3) is 0 Å². The van der Waals surface area contributed by atoms with E-state index in [1.165, 1.54) is 0 Å². The van der Waals surface area contributed by atoms with Gasteiger partial charge >= 0.3 is 0 Å². The number of aryl methyl sites for hydroxylation is 1. The molecule has 4 nitrogen and oxygen atoms in total. The molecule has 2 rings (SSSR count). The highest BCUT2D eigenvalue weighted by Crippen LogP contribution is 2.27. The zero-order valence-corrected chi connectivity index (χ0v) is 12.0. The maximum Gasteiger partial charge on any atom is 0.147 e. The zero-order valence-electron chi connectivity index (χ0n) is 11.2. The average molecular weight is 281 g/mol. The largest absolute Gasteiger partial charge is 0.485 e. The van der Waals surface area contributed by atoms with E-state index in [1.807, 2.05) is 32.2 Å². The first kappa shape index (κ1) is 13.9. The highest BCUT2D eigenvalue weighted by atomic mass is 35.5. The summed E-state index contributed by atoms with van der Waals surface area (Å²) >= 11 is 5.92. The van der Waals surface area contributed by atoms with Gasteiger partial charge in [0.25, 0.3) is 0 Å². The molecular weight excluding hydrogens is 264 g/mol. The maximum atomic E-state index is 9.73.